The first-order valence-corrected chi connectivity index (χ1v) is 2.77. The fraction of sp³-hybridized carbons (Fsp3) is 0.143. The first kappa shape index (κ1) is 4.33. The topological polar surface area (TPSA) is 59.4 Å². The van der Waals surface area contributed by atoms with E-state index in [-0.39, 0.29) is 11.4 Å². The predicted molar refractivity (Wildman–Crippen MR) is 37.7 cm³/mol. The number of aromatic nitrogens is 1. The molecule has 58 valence electrons. The average Bonchev–Trinajstić information content (AvgIpc) is 2.02. The van der Waals surface area contributed by atoms with E-state index in [1.165, 1.54) is 12.1 Å². The largest absolute Gasteiger partial charge is 0.495 e. The number of hydrogen-bond donors (Lipinski definition) is 1. The Hall–Kier alpha value is -1.58. The van der Waals surface area contributed by atoms with Crippen LogP contribution in [0.2, 0.25) is 0 Å². The highest BCUT2D eigenvalue weighted by molar-refractivity contribution is 5.85. The van der Waals surface area contributed by atoms with Crippen LogP contribution >= 0.6 is 0 Å². The van der Waals surface area contributed by atoms with Crippen molar-refractivity contribution in [3.63, 3.8) is 0 Å². The third-order valence-electron chi connectivity index (χ3n) is 1.07. The van der Waals surface area contributed by atoms with E-state index in [9.17, 15) is 4.79 Å². The van der Waals surface area contributed by atoms with Crippen LogP contribution in [0.5, 0.6) is 5.75 Å². The molecule has 11 heavy (non-hydrogen) atoms. The van der Waals surface area contributed by atoms with Crippen molar-refractivity contribution in [3.8, 4) is 5.75 Å². The zero-order valence-corrected chi connectivity index (χ0v) is 5.44. The highest BCUT2D eigenvalue weighted by Gasteiger charge is 2.02. The van der Waals surface area contributed by atoms with E-state index >= 15 is 0 Å². The summed E-state index contributed by atoms with van der Waals surface area (Å²) in [6.45, 7) is 0. The monoisotopic (exact) mass is 156 g/mol. The number of carboxylic acid groups (broad SMARTS) is 1. The molecule has 0 aliphatic rings. The summed E-state index contributed by atoms with van der Waals surface area (Å²) in [5.74, 6) is -1.17. The van der Waals surface area contributed by atoms with E-state index in [0.717, 1.165) is 6.20 Å². The predicted octanol–water partition coefficient (Wildman–Crippen LogP) is 0.788. The van der Waals surface area contributed by atoms with Crippen molar-refractivity contribution >= 4 is 5.97 Å². The van der Waals surface area contributed by atoms with Crippen LogP contribution in [0.4, 0.5) is 0 Å². The van der Waals surface area contributed by atoms with Gasteiger partial charge in [0, 0.05) is 0 Å². The van der Waals surface area contributed by atoms with Crippen LogP contribution in [-0.4, -0.2) is 23.1 Å². The number of rotatable bonds is 2. The van der Waals surface area contributed by atoms with Gasteiger partial charge in [0.15, 0.2) is 0 Å². The second-order valence-electron chi connectivity index (χ2n) is 1.79. The first-order valence-electron chi connectivity index (χ1n) is 4.27. The van der Waals surface area contributed by atoms with E-state index in [1.54, 1.807) is 0 Å². The Morgan fingerprint density at radius 3 is 3.09 bits per heavy atom. The van der Waals surface area contributed by atoms with Crippen LogP contribution in [-0.2, 0) is 0 Å². The molecule has 0 aliphatic carbocycles. The normalized spacial score (nSPS) is 14.4. The summed E-state index contributed by atoms with van der Waals surface area (Å²) in [5.41, 5.74) is -0.164. The molecule has 0 bridgehead atoms. The van der Waals surface area contributed by atoms with Gasteiger partial charge in [-0.3, -0.25) is 0 Å². The van der Waals surface area contributed by atoms with Crippen molar-refractivity contribution in [1.29, 1.82) is 0 Å². The van der Waals surface area contributed by atoms with Gasteiger partial charge in [-0.05, 0) is 12.1 Å². The quantitative estimate of drug-likeness (QED) is 0.687. The smallest absolute Gasteiger partial charge is 0.354 e. The van der Waals surface area contributed by atoms with Gasteiger partial charge in [0.25, 0.3) is 0 Å². The lowest BCUT2D eigenvalue weighted by molar-refractivity contribution is 0.0690. The maximum absolute atomic E-state index is 10.4. The van der Waals surface area contributed by atoms with Gasteiger partial charge in [-0.1, -0.05) is 0 Å². The van der Waals surface area contributed by atoms with Gasteiger partial charge in [0.2, 0.25) is 0 Å². The molecule has 0 saturated heterocycles. The third kappa shape index (κ3) is 1.67. The Labute approximate surface area is 67.7 Å². The van der Waals surface area contributed by atoms with Gasteiger partial charge in [-0.2, -0.15) is 0 Å². The molecule has 1 aromatic rings. The number of hydrogen-bond acceptors (Lipinski definition) is 3. The molecule has 0 saturated carbocycles. The summed E-state index contributed by atoms with van der Waals surface area (Å²) >= 11 is 0. The van der Waals surface area contributed by atoms with E-state index < -0.39 is 13.0 Å². The van der Waals surface area contributed by atoms with Crippen molar-refractivity contribution in [3.05, 3.63) is 24.0 Å². The third-order valence-corrected chi connectivity index (χ3v) is 1.07. The molecule has 4 heteroatoms. The van der Waals surface area contributed by atoms with E-state index in [4.69, 9.17) is 9.22 Å². The molecule has 0 fully saturated rings. The van der Waals surface area contributed by atoms with Gasteiger partial charge in [0.05, 0.1) is 17.3 Å². The molecule has 0 unspecified atom stereocenters. The van der Waals surface area contributed by atoms with Crippen LogP contribution in [0.3, 0.4) is 0 Å². The molecule has 1 N–H and O–H groups in total. The van der Waals surface area contributed by atoms with Crippen molar-refractivity contribution in [2.24, 2.45) is 0 Å². The van der Waals surface area contributed by atoms with Gasteiger partial charge < -0.3 is 9.84 Å². The van der Waals surface area contributed by atoms with Crippen LogP contribution in [0.1, 0.15) is 14.6 Å². The van der Waals surface area contributed by atoms with Crippen molar-refractivity contribution in [1.82, 2.24) is 4.98 Å². The number of nitrogens with zero attached hydrogens (tertiary/aromatic N) is 1. The average molecular weight is 156 g/mol. The van der Waals surface area contributed by atoms with Crippen molar-refractivity contribution < 1.29 is 18.8 Å². The minimum Gasteiger partial charge on any atom is -0.495 e. The fourth-order valence-corrected chi connectivity index (χ4v) is 0.567. The van der Waals surface area contributed by atoms with Crippen molar-refractivity contribution in [2.75, 3.05) is 7.04 Å². The fourth-order valence-electron chi connectivity index (χ4n) is 0.567. The van der Waals surface area contributed by atoms with E-state index in [1.807, 2.05) is 0 Å². The number of pyridine rings is 1. The van der Waals surface area contributed by atoms with Crippen LogP contribution in [0, 0.1) is 0 Å². The number of ether oxygens (including phenoxy) is 1. The summed E-state index contributed by atoms with van der Waals surface area (Å²) in [6, 6.07) is 2.41. The summed E-state index contributed by atoms with van der Waals surface area (Å²) in [4.78, 5) is 13.9. The van der Waals surface area contributed by atoms with Crippen LogP contribution in [0.25, 0.3) is 0 Å². The highest BCUT2D eigenvalue weighted by atomic mass is 16.5. The van der Waals surface area contributed by atoms with Gasteiger partial charge >= 0.3 is 5.97 Å². The summed E-state index contributed by atoms with van der Waals surface area (Å²) < 4.78 is 24.8. The zero-order chi connectivity index (χ0) is 10.8. The van der Waals surface area contributed by atoms with Gasteiger partial charge in [-0.25, -0.2) is 9.78 Å². The van der Waals surface area contributed by atoms with Gasteiger partial charge in [-0.15, -0.1) is 0 Å². The Morgan fingerprint density at radius 1 is 1.82 bits per heavy atom. The highest BCUT2D eigenvalue weighted by Crippen LogP contribution is 2.07. The van der Waals surface area contributed by atoms with Crippen LogP contribution < -0.4 is 4.74 Å². The Kier molecular flexibility index (Phi) is 1.18. The molecule has 0 aliphatic heterocycles. The second-order valence-corrected chi connectivity index (χ2v) is 1.79. The lowest BCUT2D eigenvalue weighted by atomic mass is 10.3. The molecule has 0 spiro atoms. The number of carbonyl (C=O) groups is 1. The molecule has 1 aromatic heterocycles. The lowest BCUT2D eigenvalue weighted by Gasteiger charge is -1.97. The maximum atomic E-state index is 10.4. The van der Waals surface area contributed by atoms with E-state index in [0.29, 0.717) is 0 Å². The SMILES string of the molecule is [2H]C([2H])([2H])Oc1ccc(C(=O)O)nc1. The number of aromatic carboxylic acids is 1. The lowest BCUT2D eigenvalue weighted by Crippen LogP contribution is -1.99. The van der Waals surface area contributed by atoms with Crippen LogP contribution in [0.15, 0.2) is 18.3 Å². The summed E-state index contributed by atoms with van der Waals surface area (Å²) in [6.07, 6.45) is 1.05. The number of carboxylic acids is 1. The minimum atomic E-state index is -2.55. The molecule has 0 aromatic carbocycles. The van der Waals surface area contributed by atoms with Gasteiger partial charge in [0.1, 0.15) is 11.4 Å². The Bertz CT molecular complexity index is 333. The summed E-state index contributed by atoms with van der Waals surface area (Å²) in [5, 5.41) is 8.49. The second kappa shape index (κ2) is 3.01. The van der Waals surface area contributed by atoms with E-state index in [2.05, 4.69) is 9.72 Å². The molecule has 0 amide bonds. The molecule has 0 atom stereocenters. The summed E-state index contributed by atoms with van der Waals surface area (Å²) in [7, 11) is -2.55. The number of methoxy groups -OCH3 is 1. The molecule has 4 nitrogen and oxygen atoms in total. The Balaban J connectivity index is 2.79. The molecule has 1 rings (SSSR count). The molecule has 0 radical (unpaired) electrons. The Morgan fingerprint density at radius 2 is 2.64 bits per heavy atom. The minimum absolute atomic E-state index is 0.00926. The standard InChI is InChI=1S/C7H7NO3/c1-11-5-2-3-6(7(9)10)8-4-5/h2-4H,1H3,(H,9,10)/i1D3. The first-order chi connectivity index (χ1) is 6.38. The van der Waals surface area contributed by atoms with Crippen molar-refractivity contribution in [2.45, 2.75) is 0 Å². The zero-order valence-electron chi connectivity index (χ0n) is 8.44. The molecular weight excluding hydrogens is 146 g/mol. The molecular formula is C7H7NO3. The molecule has 1 heterocycles. The maximum Gasteiger partial charge on any atom is 0.354 e.